The molecule has 3 heterocycles. The minimum atomic E-state index is -4.14. The van der Waals surface area contributed by atoms with Gasteiger partial charge in [-0.3, -0.25) is 13.9 Å². The predicted octanol–water partition coefficient (Wildman–Crippen LogP) is 3.58. The van der Waals surface area contributed by atoms with Crippen molar-refractivity contribution in [2.75, 3.05) is 36.8 Å². The number of nitrogens with two attached hydrogens (primary N) is 1. The van der Waals surface area contributed by atoms with Crippen LogP contribution in [0.25, 0.3) is 11.2 Å². The zero-order valence-electron chi connectivity index (χ0n) is 25.0. The van der Waals surface area contributed by atoms with E-state index in [1.165, 1.54) is 13.3 Å². The molecule has 242 valence electrons. The Morgan fingerprint density at radius 2 is 1.95 bits per heavy atom. The van der Waals surface area contributed by atoms with Crippen molar-refractivity contribution in [3.05, 3.63) is 36.7 Å². The first-order valence-corrected chi connectivity index (χ1v) is 16.3. The summed E-state index contributed by atoms with van der Waals surface area (Å²) in [7, 11) is -0.759. The number of imidazole rings is 1. The Balaban J connectivity index is 1.57. The first kappa shape index (κ1) is 33.8. The Labute approximate surface area is 257 Å². The molecule has 0 aliphatic carbocycles. The number of carbonyl (C=O) groups excluding carboxylic acids is 1. The molecule has 1 aliphatic heterocycles. The minimum absolute atomic E-state index is 0.0340. The second-order valence-electron chi connectivity index (χ2n) is 10.9. The van der Waals surface area contributed by atoms with Crippen LogP contribution in [-0.4, -0.2) is 86.6 Å². The predicted molar refractivity (Wildman–Crippen MR) is 160 cm³/mol. The number of benzene rings is 1. The van der Waals surface area contributed by atoms with Crippen LogP contribution < -0.4 is 19.9 Å². The summed E-state index contributed by atoms with van der Waals surface area (Å²) in [5.41, 5.74) is 2.96. The van der Waals surface area contributed by atoms with Crippen molar-refractivity contribution in [1.29, 1.82) is 0 Å². The summed E-state index contributed by atoms with van der Waals surface area (Å²) in [6.45, 7) is 4.44. The number of nitrogens with one attached hydrogen (secondary N) is 1. The Morgan fingerprint density at radius 3 is 2.59 bits per heavy atom. The molecule has 1 fully saturated rings. The van der Waals surface area contributed by atoms with Gasteiger partial charge in [0.05, 0.1) is 24.5 Å². The van der Waals surface area contributed by atoms with Crippen molar-refractivity contribution < 1.29 is 41.4 Å². The molecule has 0 spiro atoms. The van der Waals surface area contributed by atoms with Crippen LogP contribution >= 0.6 is 19.6 Å². The fraction of sp³-hybridized carbons (Fsp3) is 0.538. The molecular weight excluding hydrogens is 623 g/mol. The van der Waals surface area contributed by atoms with E-state index in [9.17, 15) is 14.5 Å². The highest BCUT2D eigenvalue weighted by Crippen LogP contribution is 2.52. The molecule has 1 aliphatic rings. The standard InChI is InChI=1S/C26H36F2N7O7PS/c1-15(2)40-21(36)16(3)33-43(38,14-44-42-17-10-8-7-9-11-17)39-12-26(28)22(37)25(4,27)23(41-26)35-13-30-18-19(34(5)6)31-24(29)32-20(18)35/h7-11,13,15-16,22-23,37H,12,14H2,1-6H3,(H,33,38)(H2,29,31,32)/t16-,22+,23-,25-,26-,43?/m1/s1. The number of nitrogen functional groups attached to an aromatic ring is 1. The molecule has 0 amide bonds. The van der Waals surface area contributed by atoms with E-state index in [4.69, 9.17) is 23.9 Å². The lowest BCUT2D eigenvalue weighted by atomic mass is 9.97. The normalized spacial score (nSPS) is 25.6. The van der Waals surface area contributed by atoms with Crippen LogP contribution in [0.3, 0.4) is 0 Å². The molecular formula is C26H36F2N7O7PS. The van der Waals surface area contributed by atoms with Gasteiger partial charge in [-0.05, 0) is 39.8 Å². The molecule has 4 N–H and O–H groups in total. The van der Waals surface area contributed by atoms with E-state index < -0.39 is 61.6 Å². The molecule has 0 radical (unpaired) electrons. The fourth-order valence-electron chi connectivity index (χ4n) is 4.39. The van der Waals surface area contributed by atoms with Crippen LogP contribution in [0.15, 0.2) is 36.7 Å². The quantitative estimate of drug-likeness (QED) is 0.138. The average molecular weight is 660 g/mol. The van der Waals surface area contributed by atoms with Crippen molar-refractivity contribution in [2.24, 2.45) is 0 Å². The van der Waals surface area contributed by atoms with Gasteiger partial charge in [0.15, 0.2) is 35.0 Å². The van der Waals surface area contributed by atoms with Crippen LogP contribution in [0, 0.1) is 0 Å². The number of para-hydroxylation sites is 1. The molecule has 14 nitrogen and oxygen atoms in total. The Bertz CT molecular complexity index is 1520. The van der Waals surface area contributed by atoms with Crippen LogP contribution in [-0.2, 0) is 23.4 Å². The lowest BCUT2D eigenvalue weighted by Gasteiger charge is -2.28. The Kier molecular flexibility index (Phi) is 10.1. The van der Waals surface area contributed by atoms with E-state index >= 15 is 8.78 Å². The third-order valence-corrected chi connectivity index (χ3v) is 9.94. The third-order valence-electron chi connectivity index (χ3n) is 6.52. The number of alkyl halides is 2. The summed E-state index contributed by atoms with van der Waals surface area (Å²) in [5.74, 6) is -3.31. The Hall–Kier alpha value is -3.08. The molecule has 3 aromatic rings. The number of hydrogen-bond donors (Lipinski definition) is 3. The number of rotatable bonds is 13. The van der Waals surface area contributed by atoms with E-state index in [1.54, 1.807) is 63.2 Å². The molecule has 2 aromatic heterocycles. The van der Waals surface area contributed by atoms with Crippen molar-refractivity contribution in [1.82, 2.24) is 24.6 Å². The fourth-order valence-corrected chi connectivity index (χ4v) is 7.15. The molecule has 0 saturated carbocycles. The summed E-state index contributed by atoms with van der Waals surface area (Å²) in [6.07, 6.45) is -3.48. The number of aliphatic hydroxyl groups excluding tert-OH is 1. The number of aliphatic hydroxyl groups is 1. The van der Waals surface area contributed by atoms with Gasteiger partial charge in [-0.2, -0.15) is 9.97 Å². The van der Waals surface area contributed by atoms with E-state index in [0.717, 1.165) is 23.5 Å². The smallest absolute Gasteiger partial charge is 0.323 e. The Morgan fingerprint density at radius 1 is 1.27 bits per heavy atom. The van der Waals surface area contributed by atoms with Gasteiger partial charge in [-0.1, -0.05) is 18.2 Å². The molecule has 1 saturated heterocycles. The van der Waals surface area contributed by atoms with Crippen LogP contribution in [0.1, 0.15) is 33.9 Å². The lowest BCUT2D eigenvalue weighted by Crippen LogP contribution is -2.47. The monoisotopic (exact) mass is 659 g/mol. The van der Waals surface area contributed by atoms with E-state index in [2.05, 4.69) is 20.0 Å². The molecule has 4 rings (SSSR count). The largest absolute Gasteiger partial charge is 0.462 e. The molecule has 1 aromatic carbocycles. The topological polar surface area (TPSA) is 176 Å². The van der Waals surface area contributed by atoms with Gasteiger partial charge in [0.25, 0.3) is 13.4 Å². The number of hydrogen-bond acceptors (Lipinski definition) is 13. The van der Waals surface area contributed by atoms with Crippen molar-refractivity contribution in [3.8, 4) is 5.75 Å². The number of ether oxygens (including phenoxy) is 2. The second-order valence-corrected chi connectivity index (χ2v) is 14.2. The van der Waals surface area contributed by atoms with Gasteiger partial charge in [0.1, 0.15) is 23.9 Å². The zero-order valence-corrected chi connectivity index (χ0v) is 26.7. The molecule has 1 unspecified atom stereocenters. The zero-order chi connectivity index (χ0) is 32.4. The molecule has 44 heavy (non-hydrogen) atoms. The van der Waals surface area contributed by atoms with E-state index in [1.807, 2.05) is 0 Å². The maximum atomic E-state index is 16.3. The van der Waals surface area contributed by atoms with Crippen LogP contribution in [0.5, 0.6) is 5.75 Å². The number of carbonyl (C=O) groups is 1. The van der Waals surface area contributed by atoms with Gasteiger partial charge in [-0.25, -0.2) is 18.9 Å². The number of aromatic nitrogens is 4. The van der Waals surface area contributed by atoms with Crippen LogP contribution in [0.2, 0.25) is 0 Å². The summed E-state index contributed by atoms with van der Waals surface area (Å²) < 4.78 is 69.0. The lowest BCUT2D eigenvalue weighted by molar-refractivity contribution is -0.202. The average Bonchev–Trinajstić information content (AvgIpc) is 3.44. The van der Waals surface area contributed by atoms with Gasteiger partial charge in [-0.15, -0.1) is 0 Å². The van der Waals surface area contributed by atoms with E-state index in [-0.39, 0.29) is 17.1 Å². The number of halogens is 2. The summed E-state index contributed by atoms with van der Waals surface area (Å²) >= 11 is 0.723. The maximum absolute atomic E-state index is 16.3. The van der Waals surface area contributed by atoms with Crippen LogP contribution in [0.4, 0.5) is 20.5 Å². The highest BCUT2D eigenvalue weighted by Gasteiger charge is 2.65. The first-order chi connectivity index (χ1) is 20.6. The highest BCUT2D eigenvalue weighted by molar-refractivity contribution is 8.01. The third kappa shape index (κ3) is 7.24. The molecule has 6 atom stereocenters. The number of anilines is 2. The van der Waals surface area contributed by atoms with Gasteiger partial charge in [0, 0.05) is 14.1 Å². The summed E-state index contributed by atoms with van der Waals surface area (Å²) in [4.78, 5) is 26.5. The maximum Gasteiger partial charge on any atom is 0.323 e. The van der Waals surface area contributed by atoms with E-state index in [0.29, 0.717) is 11.6 Å². The van der Waals surface area contributed by atoms with Crippen molar-refractivity contribution in [2.45, 2.75) is 63.7 Å². The van der Waals surface area contributed by atoms with Crippen molar-refractivity contribution >= 4 is 48.5 Å². The van der Waals surface area contributed by atoms with Gasteiger partial charge < -0.3 is 33.9 Å². The van der Waals surface area contributed by atoms with Gasteiger partial charge >= 0.3 is 5.97 Å². The number of esters is 1. The number of fused-ring (bicyclic) bond motifs is 1. The SMILES string of the molecule is CC(C)OC(=O)[C@@H](C)NP(=O)(CSOc1ccccc1)OC[C@@]1(F)O[C@@H](n2cnc3c(N(C)C)nc(N)nc32)[C@](C)(F)[C@@H]1O. The minimum Gasteiger partial charge on any atom is -0.462 e. The molecule has 18 heteroatoms. The first-order valence-electron chi connectivity index (χ1n) is 13.5. The van der Waals surface area contributed by atoms with Crippen molar-refractivity contribution in [3.63, 3.8) is 0 Å². The summed E-state index contributed by atoms with van der Waals surface area (Å²) in [5, 5.41) is 13.4. The highest BCUT2D eigenvalue weighted by atomic mass is 32.2. The second kappa shape index (κ2) is 13.1. The van der Waals surface area contributed by atoms with Gasteiger partial charge in [0.2, 0.25) is 5.95 Å². The molecule has 0 bridgehead atoms. The number of nitrogens with zero attached hydrogens (tertiary/aromatic N) is 5. The summed E-state index contributed by atoms with van der Waals surface area (Å²) in [6, 6.07) is 7.43.